The van der Waals surface area contributed by atoms with Crippen LogP contribution in [0.5, 0.6) is 0 Å². The molecule has 0 radical (unpaired) electrons. The number of fused-ring (bicyclic) bond motifs is 1. The van der Waals surface area contributed by atoms with E-state index in [0.29, 0.717) is 12.5 Å². The van der Waals surface area contributed by atoms with Crippen LogP contribution in [-0.4, -0.2) is 27.6 Å². The molecule has 2 aromatic rings. The summed E-state index contributed by atoms with van der Waals surface area (Å²) in [5, 5.41) is 3.15. The first-order valence-corrected chi connectivity index (χ1v) is 6.87. The fourth-order valence-corrected chi connectivity index (χ4v) is 2.17. The van der Waals surface area contributed by atoms with Gasteiger partial charge in [-0.1, -0.05) is 12.1 Å². The Morgan fingerprint density at radius 1 is 1.35 bits per heavy atom. The van der Waals surface area contributed by atoms with Gasteiger partial charge in [0, 0.05) is 12.1 Å². The van der Waals surface area contributed by atoms with Gasteiger partial charge in [-0.2, -0.15) is 0 Å². The average molecular weight is 273 g/mol. The second-order valence-corrected chi connectivity index (χ2v) is 5.94. The van der Waals surface area contributed by atoms with Crippen LogP contribution in [0.15, 0.2) is 29.3 Å². The number of nitrogens with two attached hydrogens (primary N) is 1. The maximum Gasteiger partial charge on any atom is 0.189 e. The molecule has 0 unspecified atom stereocenters. The van der Waals surface area contributed by atoms with Crippen molar-refractivity contribution in [3.63, 3.8) is 0 Å². The first-order valence-electron chi connectivity index (χ1n) is 6.87. The van der Waals surface area contributed by atoms with Crippen LogP contribution in [-0.2, 0) is 6.54 Å². The lowest BCUT2D eigenvalue weighted by Gasteiger charge is -2.21. The van der Waals surface area contributed by atoms with E-state index in [-0.39, 0.29) is 5.54 Å². The first-order chi connectivity index (χ1) is 9.37. The number of imidazole rings is 1. The Labute approximate surface area is 119 Å². The molecule has 0 aliphatic carbocycles. The zero-order chi connectivity index (χ0) is 14.8. The Bertz CT molecular complexity index is 619. The van der Waals surface area contributed by atoms with Crippen molar-refractivity contribution in [2.24, 2.45) is 10.7 Å². The maximum atomic E-state index is 5.86. The van der Waals surface area contributed by atoms with E-state index in [9.17, 15) is 0 Å². The van der Waals surface area contributed by atoms with Gasteiger partial charge in [-0.25, -0.2) is 4.98 Å². The first kappa shape index (κ1) is 14.4. The van der Waals surface area contributed by atoms with Crippen molar-refractivity contribution in [3.05, 3.63) is 30.1 Å². The Hall–Kier alpha value is -2.04. The lowest BCUT2D eigenvalue weighted by atomic mass is 10.1. The predicted molar refractivity (Wildman–Crippen MR) is 83.8 cm³/mol. The van der Waals surface area contributed by atoms with E-state index in [1.54, 1.807) is 0 Å². The molecule has 0 bridgehead atoms. The van der Waals surface area contributed by atoms with Gasteiger partial charge in [-0.15, -0.1) is 0 Å². The zero-order valence-corrected chi connectivity index (χ0v) is 12.6. The SMILES string of the molecule is Cc1nc2ccccc2n1CCN=C(N)NC(C)(C)C. The van der Waals surface area contributed by atoms with Crippen LogP contribution in [0.3, 0.4) is 0 Å². The van der Waals surface area contributed by atoms with Crippen molar-refractivity contribution in [1.29, 1.82) is 0 Å². The van der Waals surface area contributed by atoms with Gasteiger partial charge in [0.05, 0.1) is 17.6 Å². The fraction of sp³-hybridized carbons (Fsp3) is 0.467. The summed E-state index contributed by atoms with van der Waals surface area (Å²) in [6.07, 6.45) is 0. The van der Waals surface area contributed by atoms with Gasteiger partial charge in [-0.05, 0) is 39.8 Å². The number of aliphatic imine (C=N–C) groups is 1. The molecular formula is C15H23N5. The molecule has 0 saturated heterocycles. The number of aromatic nitrogens is 2. The van der Waals surface area contributed by atoms with Crippen molar-refractivity contribution in [3.8, 4) is 0 Å². The van der Waals surface area contributed by atoms with Crippen LogP contribution < -0.4 is 11.1 Å². The van der Waals surface area contributed by atoms with Gasteiger partial charge in [-0.3, -0.25) is 4.99 Å². The highest BCUT2D eigenvalue weighted by atomic mass is 15.1. The van der Waals surface area contributed by atoms with E-state index in [1.807, 2.05) is 25.1 Å². The molecule has 0 atom stereocenters. The van der Waals surface area contributed by atoms with Gasteiger partial charge < -0.3 is 15.6 Å². The summed E-state index contributed by atoms with van der Waals surface area (Å²) in [6, 6.07) is 8.13. The topological polar surface area (TPSA) is 68.2 Å². The van der Waals surface area contributed by atoms with Crippen molar-refractivity contribution in [2.75, 3.05) is 6.54 Å². The number of para-hydroxylation sites is 2. The number of nitrogens with zero attached hydrogens (tertiary/aromatic N) is 3. The number of aryl methyl sites for hydroxylation is 1. The summed E-state index contributed by atoms with van der Waals surface area (Å²) in [6.45, 7) is 9.60. The quantitative estimate of drug-likeness (QED) is 0.664. The summed E-state index contributed by atoms with van der Waals surface area (Å²) < 4.78 is 2.17. The molecule has 0 aliphatic rings. The molecule has 1 heterocycles. The molecule has 2 rings (SSSR count). The van der Waals surface area contributed by atoms with Crippen LogP contribution in [0.25, 0.3) is 11.0 Å². The van der Waals surface area contributed by atoms with E-state index in [2.05, 4.69) is 46.7 Å². The summed E-state index contributed by atoms with van der Waals surface area (Å²) >= 11 is 0. The molecule has 0 aliphatic heterocycles. The number of hydrogen-bond donors (Lipinski definition) is 2. The van der Waals surface area contributed by atoms with Crippen molar-refractivity contribution in [1.82, 2.24) is 14.9 Å². The third-order valence-corrected chi connectivity index (χ3v) is 2.95. The number of nitrogens with one attached hydrogen (secondary N) is 1. The lowest BCUT2D eigenvalue weighted by molar-refractivity contribution is 0.507. The molecule has 0 saturated carbocycles. The number of benzene rings is 1. The van der Waals surface area contributed by atoms with Crippen LogP contribution in [0, 0.1) is 6.92 Å². The second kappa shape index (κ2) is 5.53. The molecule has 0 spiro atoms. The summed E-state index contributed by atoms with van der Waals surface area (Å²) in [5.74, 6) is 1.49. The summed E-state index contributed by atoms with van der Waals surface area (Å²) in [4.78, 5) is 8.90. The maximum absolute atomic E-state index is 5.86. The standard InChI is InChI=1S/C15H23N5/c1-11-18-12-7-5-6-8-13(12)20(11)10-9-17-14(16)19-15(2,3)4/h5-8H,9-10H2,1-4H3,(H3,16,17,19). The van der Waals surface area contributed by atoms with Crippen LogP contribution in [0.4, 0.5) is 0 Å². The summed E-state index contributed by atoms with van der Waals surface area (Å²) in [7, 11) is 0. The molecule has 3 N–H and O–H groups in total. The van der Waals surface area contributed by atoms with Crippen LogP contribution >= 0.6 is 0 Å². The smallest absolute Gasteiger partial charge is 0.189 e. The monoisotopic (exact) mass is 273 g/mol. The third kappa shape index (κ3) is 3.50. The highest BCUT2D eigenvalue weighted by molar-refractivity contribution is 5.78. The van der Waals surface area contributed by atoms with E-state index in [4.69, 9.17) is 5.73 Å². The number of hydrogen-bond acceptors (Lipinski definition) is 2. The zero-order valence-electron chi connectivity index (χ0n) is 12.6. The minimum absolute atomic E-state index is 0.0643. The molecule has 20 heavy (non-hydrogen) atoms. The minimum atomic E-state index is -0.0643. The summed E-state index contributed by atoms with van der Waals surface area (Å²) in [5.41, 5.74) is 7.96. The molecule has 0 fully saturated rings. The van der Waals surface area contributed by atoms with Gasteiger partial charge in [0.2, 0.25) is 0 Å². The fourth-order valence-electron chi connectivity index (χ4n) is 2.17. The largest absolute Gasteiger partial charge is 0.370 e. The Morgan fingerprint density at radius 3 is 2.75 bits per heavy atom. The average Bonchev–Trinajstić information content (AvgIpc) is 2.64. The normalized spacial score (nSPS) is 12.9. The van der Waals surface area contributed by atoms with Crippen molar-refractivity contribution in [2.45, 2.75) is 39.8 Å². The Kier molecular flexibility index (Phi) is 3.97. The predicted octanol–water partition coefficient (Wildman–Crippen LogP) is 2.05. The van der Waals surface area contributed by atoms with Crippen LogP contribution in [0.1, 0.15) is 26.6 Å². The molecule has 108 valence electrons. The molecular weight excluding hydrogens is 250 g/mol. The molecule has 1 aromatic carbocycles. The number of guanidine groups is 1. The van der Waals surface area contributed by atoms with Crippen molar-refractivity contribution < 1.29 is 0 Å². The highest BCUT2D eigenvalue weighted by Gasteiger charge is 2.10. The van der Waals surface area contributed by atoms with E-state index < -0.39 is 0 Å². The Balaban J connectivity index is 2.06. The minimum Gasteiger partial charge on any atom is -0.370 e. The third-order valence-electron chi connectivity index (χ3n) is 2.95. The molecule has 1 aromatic heterocycles. The van der Waals surface area contributed by atoms with E-state index in [0.717, 1.165) is 23.4 Å². The van der Waals surface area contributed by atoms with Gasteiger partial charge in [0.15, 0.2) is 5.96 Å². The van der Waals surface area contributed by atoms with Gasteiger partial charge in [0.25, 0.3) is 0 Å². The van der Waals surface area contributed by atoms with Gasteiger partial charge in [0.1, 0.15) is 5.82 Å². The number of rotatable bonds is 3. The van der Waals surface area contributed by atoms with Gasteiger partial charge >= 0.3 is 0 Å². The van der Waals surface area contributed by atoms with Crippen molar-refractivity contribution >= 4 is 17.0 Å². The molecule has 5 heteroatoms. The molecule has 0 amide bonds. The molecule has 5 nitrogen and oxygen atoms in total. The lowest BCUT2D eigenvalue weighted by Crippen LogP contribution is -2.45. The second-order valence-electron chi connectivity index (χ2n) is 5.94. The highest BCUT2D eigenvalue weighted by Crippen LogP contribution is 2.14. The van der Waals surface area contributed by atoms with E-state index >= 15 is 0 Å². The van der Waals surface area contributed by atoms with E-state index in [1.165, 1.54) is 0 Å². The Morgan fingerprint density at radius 2 is 2.05 bits per heavy atom. The van der Waals surface area contributed by atoms with Crippen LogP contribution in [0.2, 0.25) is 0 Å².